The Labute approximate surface area is 169 Å². The van der Waals surface area contributed by atoms with E-state index in [2.05, 4.69) is 10.3 Å². The lowest BCUT2D eigenvalue weighted by atomic mass is 10.0. The molecule has 2 aromatic carbocycles. The molecule has 0 saturated carbocycles. The fraction of sp³-hybridized carbons (Fsp3) is 0.304. The molecule has 1 saturated heterocycles. The Morgan fingerprint density at radius 3 is 2.55 bits per heavy atom. The van der Waals surface area contributed by atoms with Crippen LogP contribution in [0.25, 0.3) is 22.0 Å². The maximum atomic E-state index is 11.6. The van der Waals surface area contributed by atoms with Crippen molar-refractivity contribution in [3.05, 3.63) is 48.7 Å². The highest BCUT2D eigenvalue weighted by molar-refractivity contribution is 5.90. The van der Waals surface area contributed by atoms with E-state index >= 15 is 0 Å². The van der Waals surface area contributed by atoms with Crippen LogP contribution in [0.5, 0.6) is 17.2 Å². The summed E-state index contributed by atoms with van der Waals surface area (Å²) in [6.07, 6.45) is 2.17. The molecule has 1 N–H and O–H groups in total. The predicted molar refractivity (Wildman–Crippen MR) is 111 cm³/mol. The number of hydrogen-bond donors (Lipinski definition) is 1. The van der Waals surface area contributed by atoms with E-state index in [0.717, 1.165) is 27.8 Å². The van der Waals surface area contributed by atoms with Crippen molar-refractivity contribution in [1.82, 2.24) is 10.3 Å². The van der Waals surface area contributed by atoms with E-state index < -0.39 is 0 Å². The zero-order valence-corrected chi connectivity index (χ0v) is 16.8. The molecule has 1 aromatic heterocycles. The molecule has 0 bridgehead atoms. The predicted octanol–water partition coefficient (Wildman–Crippen LogP) is 3.82. The minimum Gasteiger partial charge on any atom is -0.493 e. The van der Waals surface area contributed by atoms with Gasteiger partial charge in [0, 0.05) is 30.5 Å². The fourth-order valence-corrected chi connectivity index (χ4v) is 3.68. The Morgan fingerprint density at radius 1 is 1.03 bits per heavy atom. The van der Waals surface area contributed by atoms with Crippen molar-refractivity contribution in [2.24, 2.45) is 5.92 Å². The van der Waals surface area contributed by atoms with Crippen LogP contribution in [-0.2, 0) is 4.79 Å². The zero-order chi connectivity index (χ0) is 20.4. The molecule has 0 radical (unpaired) electrons. The molecule has 29 heavy (non-hydrogen) atoms. The molecule has 1 aliphatic heterocycles. The molecule has 2 atom stereocenters. The van der Waals surface area contributed by atoms with Crippen LogP contribution < -0.4 is 19.5 Å². The van der Waals surface area contributed by atoms with Crippen LogP contribution >= 0.6 is 0 Å². The first-order valence-electron chi connectivity index (χ1n) is 9.63. The molecule has 3 aromatic rings. The topological polar surface area (TPSA) is 69.7 Å². The number of carbonyl (C=O) groups is 1. The van der Waals surface area contributed by atoms with E-state index in [9.17, 15) is 4.79 Å². The van der Waals surface area contributed by atoms with E-state index in [-0.39, 0.29) is 17.9 Å². The highest BCUT2D eigenvalue weighted by Crippen LogP contribution is 2.37. The number of rotatable bonds is 6. The lowest BCUT2D eigenvalue weighted by Crippen LogP contribution is -2.25. The number of amides is 1. The highest BCUT2D eigenvalue weighted by atomic mass is 16.5. The van der Waals surface area contributed by atoms with Gasteiger partial charge in [-0.25, -0.2) is 0 Å². The van der Waals surface area contributed by atoms with Crippen LogP contribution in [0.15, 0.2) is 48.7 Å². The average Bonchev–Trinajstić information content (AvgIpc) is 3.19. The normalized spacial score (nSPS) is 17.1. The quantitative estimate of drug-likeness (QED) is 0.691. The summed E-state index contributed by atoms with van der Waals surface area (Å²) in [4.78, 5) is 16.1. The summed E-state index contributed by atoms with van der Waals surface area (Å²) in [5, 5.41) is 3.82. The summed E-state index contributed by atoms with van der Waals surface area (Å²) in [6.45, 7) is 2.65. The lowest BCUT2D eigenvalue weighted by molar-refractivity contribution is -0.119. The van der Waals surface area contributed by atoms with Gasteiger partial charge < -0.3 is 19.5 Å². The van der Waals surface area contributed by atoms with E-state index in [1.807, 2.05) is 49.4 Å². The Morgan fingerprint density at radius 2 is 1.83 bits per heavy atom. The standard InChI is InChI=1S/C23H24N2O4/c1-14(17-12-23(26)25-13-17)29-21-11-16(9-19-18(21)5-4-8-24-19)15-6-7-20(27-2)22(10-15)28-3/h4-11,14,17H,12-13H2,1-3H3,(H,25,26)/t14-,17?/m1/s1. The first kappa shape index (κ1) is 19.1. The number of nitrogens with zero attached hydrogens (tertiary/aromatic N) is 1. The third kappa shape index (κ3) is 3.83. The van der Waals surface area contributed by atoms with Crippen LogP contribution in [-0.4, -0.2) is 37.8 Å². The van der Waals surface area contributed by atoms with Crippen LogP contribution in [0, 0.1) is 5.92 Å². The van der Waals surface area contributed by atoms with Crippen LogP contribution in [0.4, 0.5) is 0 Å². The SMILES string of the molecule is COc1ccc(-c2cc(O[C@H](C)C3CNC(=O)C3)c3cccnc3c2)cc1OC. The molecule has 4 rings (SSSR count). The molecule has 1 fully saturated rings. The number of pyridine rings is 1. The van der Waals surface area contributed by atoms with Crippen molar-refractivity contribution in [1.29, 1.82) is 0 Å². The van der Waals surface area contributed by atoms with Crippen molar-refractivity contribution >= 4 is 16.8 Å². The monoisotopic (exact) mass is 392 g/mol. The zero-order valence-electron chi connectivity index (χ0n) is 16.8. The van der Waals surface area contributed by atoms with E-state index in [1.165, 1.54) is 0 Å². The minimum absolute atomic E-state index is 0.0797. The summed E-state index contributed by atoms with van der Waals surface area (Å²) in [7, 11) is 3.24. The van der Waals surface area contributed by atoms with Crippen molar-refractivity contribution < 1.29 is 19.0 Å². The van der Waals surface area contributed by atoms with Crippen LogP contribution in [0.1, 0.15) is 13.3 Å². The van der Waals surface area contributed by atoms with Gasteiger partial charge in [0.1, 0.15) is 11.9 Å². The fourth-order valence-electron chi connectivity index (χ4n) is 3.68. The average molecular weight is 392 g/mol. The number of benzene rings is 2. The molecule has 1 unspecified atom stereocenters. The Balaban J connectivity index is 1.74. The summed E-state index contributed by atoms with van der Waals surface area (Å²) in [5.41, 5.74) is 2.80. The molecule has 1 aliphatic rings. The number of nitrogens with one attached hydrogen (secondary N) is 1. The highest BCUT2D eigenvalue weighted by Gasteiger charge is 2.28. The van der Waals surface area contributed by atoms with Gasteiger partial charge in [-0.3, -0.25) is 9.78 Å². The minimum atomic E-state index is -0.0991. The van der Waals surface area contributed by atoms with Crippen molar-refractivity contribution in [2.45, 2.75) is 19.4 Å². The van der Waals surface area contributed by atoms with Crippen LogP contribution in [0.3, 0.4) is 0 Å². The van der Waals surface area contributed by atoms with E-state index in [4.69, 9.17) is 14.2 Å². The van der Waals surface area contributed by atoms with Crippen molar-refractivity contribution in [3.8, 4) is 28.4 Å². The van der Waals surface area contributed by atoms with Gasteiger partial charge in [0.05, 0.1) is 19.7 Å². The van der Waals surface area contributed by atoms with Crippen molar-refractivity contribution in [2.75, 3.05) is 20.8 Å². The maximum Gasteiger partial charge on any atom is 0.220 e. The second kappa shape index (κ2) is 7.99. The maximum absolute atomic E-state index is 11.6. The second-order valence-electron chi connectivity index (χ2n) is 7.21. The Kier molecular flexibility index (Phi) is 5.25. The third-order valence-electron chi connectivity index (χ3n) is 5.39. The first-order chi connectivity index (χ1) is 14.1. The van der Waals surface area contributed by atoms with E-state index in [0.29, 0.717) is 24.5 Å². The molecule has 1 amide bonds. The van der Waals surface area contributed by atoms with Gasteiger partial charge in [0.15, 0.2) is 11.5 Å². The molecular formula is C23H24N2O4. The molecule has 2 heterocycles. The van der Waals surface area contributed by atoms with Gasteiger partial charge in [-0.15, -0.1) is 0 Å². The molecule has 0 aliphatic carbocycles. The number of ether oxygens (including phenoxy) is 3. The summed E-state index contributed by atoms with van der Waals surface area (Å²) in [5.74, 6) is 2.33. The second-order valence-corrected chi connectivity index (χ2v) is 7.21. The molecule has 0 spiro atoms. The molecular weight excluding hydrogens is 368 g/mol. The number of aromatic nitrogens is 1. The lowest BCUT2D eigenvalue weighted by Gasteiger charge is -2.21. The number of carbonyl (C=O) groups excluding carboxylic acids is 1. The Hall–Kier alpha value is -3.28. The largest absolute Gasteiger partial charge is 0.493 e. The summed E-state index contributed by atoms with van der Waals surface area (Å²) in [6, 6.07) is 13.8. The van der Waals surface area contributed by atoms with Gasteiger partial charge in [0.2, 0.25) is 5.91 Å². The summed E-state index contributed by atoms with van der Waals surface area (Å²) >= 11 is 0. The van der Waals surface area contributed by atoms with Gasteiger partial charge in [0.25, 0.3) is 0 Å². The third-order valence-corrected chi connectivity index (χ3v) is 5.39. The summed E-state index contributed by atoms with van der Waals surface area (Å²) < 4.78 is 17.1. The molecule has 150 valence electrons. The van der Waals surface area contributed by atoms with Crippen LogP contribution in [0.2, 0.25) is 0 Å². The first-order valence-corrected chi connectivity index (χ1v) is 9.63. The number of fused-ring (bicyclic) bond motifs is 1. The van der Waals surface area contributed by atoms with Crippen molar-refractivity contribution in [3.63, 3.8) is 0 Å². The smallest absolute Gasteiger partial charge is 0.220 e. The van der Waals surface area contributed by atoms with Gasteiger partial charge in [-0.1, -0.05) is 6.07 Å². The van der Waals surface area contributed by atoms with E-state index in [1.54, 1.807) is 20.4 Å². The number of hydrogen-bond acceptors (Lipinski definition) is 5. The van der Waals surface area contributed by atoms with Gasteiger partial charge in [-0.2, -0.15) is 0 Å². The molecule has 6 nitrogen and oxygen atoms in total. The van der Waals surface area contributed by atoms with Gasteiger partial charge >= 0.3 is 0 Å². The number of methoxy groups -OCH3 is 2. The Bertz CT molecular complexity index is 1050. The molecule has 6 heteroatoms. The van der Waals surface area contributed by atoms with Gasteiger partial charge in [-0.05, 0) is 54.4 Å².